The SMILES string of the molecule is CC(C(=O)NCc1cc(C(F)(F)F)nn1N1CCCCC1)c1ccc(CCO)c(F)c1. The van der Waals surface area contributed by atoms with Gasteiger partial charge in [-0.1, -0.05) is 12.1 Å². The molecule has 0 saturated carbocycles. The molecule has 1 aliphatic rings. The van der Waals surface area contributed by atoms with E-state index in [1.807, 2.05) is 0 Å². The van der Waals surface area contributed by atoms with Crippen LogP contribution in [-0.4, -0.2) is 40.6 Å². The normalized spacial score (nSPS) is 15.7. The molecule has 0 bridgehead atoms. The van der Waals surface area contributed by atoms with Gasteiger partial charge in [-0.25, -0.2) is 4.39 Å². The number of carbonyl (C=O) groups is 1. The van der Waals surface area contributed by atoms with E-state index >= 15 is 0 Å². The van der Waals surface area contributed by atoms with Gasteiger partial charge in [0, 0.05) is 19.7 Å². The lowest BCUT2D eigenvalue weighted by atomic mass is 9.98. The Morgan fingerprint density at radius 3 is 2.55 bits per heavy atom. The highest BCUT2D eigenvalue weighted by atomic mass is 19.4. The molecule has 2 heterocycles. The minimum Gasteiger partial charge on any atom is -0.396 e. The van der Waals surface area contributed by atoms with Crippen molar-refractivity contribution in [2.75, 3.05) is 24.7 Å². The second kappa shape index (κ2) is 9.67. The van der Waals surface area contributed by atoms with Gasteiger partial charge in [-0.15, -0.1) is 5.10 Å². The number of amides is 1. The van der Waals surface area contributed by atoms with Crippen LogP contribution in [0.4, 0.5) is 17.6 Å². The first-order valence-electron chi connectivity index (χ1n) is 10.3. The van der Waals surface area contributed by atoms with Crippen molar-refractivity contribution in [2.24, 2.45) is 0 Å². The molecule has 1 amide bonds. The highest BCUT2D eigenvalue weighted by Crippen LogP contribution is 2.29. The predicted molar refractivity (Wildman–Crippen MR) is 106 cm³/mol. The predicted octanol–water partition coefficient (Wildman–Crippen LogP) is 3.12. The second-order valence-corrected chi connectivity index (χ2v) is 7.69. The van der Waals surface area contributed by atoms with Gasteiger partial charge in [0.25, 0.3) is 0 Å². The number of aromatic nitrogens is 2. The van der Waals surface area contributed by atoms with Crippen LogP contribution < -0.4 is 10.3 Å². The van der Waals surface area contributed by atoms with E-state index < -0.39 is 29.5 Å². The molecule has 1 aromatic heterocycles. The Balaban J connectivity index is 1.72. The molecule has 170 valence electrons. The lowest BCUT2D eigenvalue weighted by Gasteiger charge is -2.30. The minimum atomic E-state index is -4.58. The van der Waals surface area contributed by atoms with Crippen LogP contribution in [0.2, 0.25) is 0 Å². The Bertz CT molecular complexity index is 907. The Morgan fingerprint density at radius 2 is 1.94 bits per heavy atom. The van der Waals surface area contributed by atoms with Crippen LogP contribution in [0.25, 0.3) is 0 Å². The first kappa shape index (κ1) is 23.1. The largest absolute Gasteiger partial charge is 0.435 e. The van der Waals surface area contributed by atoms with Gasteiger partial charge in [0.1, 0.15) is 5.82 Å². The van der Waals surface area contributed by atoms with Crippen molar-refractivity contribution in [3.63, 3.8) is 0 Å². The van der Waals surface area contributed by atoms with E-state index in [1.165, 1.54) is 16.9 Å². The van der Waals surface area contributed by atoms with Gasteiger partial charge in [0.05, 0.1) is 18.2 Å². The topological polar surface area (TPSA) is 70.4 Å². The summed E-state index contributed by atoms with van der Waals surface area (Å²) in [6.45, 7) is 2.47. The van der Waals surface area contributed by atoms with Crippen LogP contribution in [0.5, 0.6) is 0 Å². The number of piperidine rings is 1. The molecule has 1 aliphatic heterocycles. The average Bonchev–Trinajstić information content (AvgIpc) is 3.18. The van der Waals surface area contributed by atoms with Crippen molar-refractivity contribution in [2.45, 2.75) is 51.2 Å². The molecule has 10 heteroatoms. The molecular weight excluding hydrogens is 416 g/mol. The van der Waals surface area contributed by atoms with Gasteiger partial charge in [-0.05, 0) is 55.9 Å². The van der Waals surface area contributed by atoms with Crippen molar-refractivity contribution < 1.29 is 27.5 Å². The molecule has 1 saturated heterocycles. The number of hydrogen-bond acceptors (Lipinski definition) is 4. The average molecular weight is 442 g/mol. The molecule has 0 aliphatic carbocycles. The minimum absolute atomic E-state index is 0.131. The molecule has 0 radical (unpaired) electrons. The van der Waals surface area contributed by atoms with Gasteiger partial charge in [-0.2, -0.15) is 18.0 Å². The number of hydrogen-bond donors (Lipinski definition) is 2. The first-order valence-corrected chi connectivity index (χ1v) is 10.3. The maximum atomic E-state index is 14.1. The molecule has 1 atom stereocenters. The quantitative estimate of drug-likeness (QED) is 0.647. The summed E-state index contributed by atoms with van der Waals surface area (Å²) in [4.78, 5) is 13.8. The molecular formula is C21H26F4N4O2. The fraction of sp³-hybridized carbons (Fsp3) is 0.524. The van der Waals surface area contributed by atoms with E-state index in [4.69, 9.17) is 5.11 Å². The van der Waals surface area contributed by atoms with Crippen molar-refractivity contribution in [3.05, 3.63) is 52.6 Å². The number of alkyl halides is 3. The van der Waals surface area contributed by atoms with Crippen LogP contribution >= 0.6 is 0 Å². The molecule has 2 N–H and O–H groups in total. The van der Waals surface area contributed by atoms with E-state index in [1.54, 1.807) is 18.0 Å². The maximum Gasteiger partial charge on any atom is 0.435 e. The smallest absolute Gasteiger partial charge is 0.396 e. The van der Waals surface area contributed by atoms with E-state index in [2.05, 4.69) is 10.4 Å². The Labute approximate surface area is 177 Å². The zero-order chi connectivity index (χ0) is 22.6. The van der Waals surface area contributed by atoms with Crippen LogP contribution in [0, 0.1) is 5.82 Å². The molecule has 1 fully saturated rings. The Hall–Kier alpha value is -2.62. The molecule has 6 nitrogen and oxygen atoms in total. The number of benzene rings is 1. The highest BCUT2D eigenvalue weighted by Gasteiger charge is 2.36. The summed E-state index contributed by atoms with van der Waals surface area (Å²) < 4.78 is 53.7. The van der Waals surface area contributed by atoms with E-state index in [-0.39, 0.29) is 25.3 Å². The Morgan fingerprint density at radius 1 is 1.23 bits per heavy atom. The van der Waals surface area contributed by atoms with E-state index in [9.17, 15) is 22.4 Å². The van der Waals surface area contributed by atoms with Crippen molar-refractivity contribution in [1.29, 1.82) is 0 Å². The zero-order valence-electron chi connectivity index (χ0n) is 17.3. The summed E-state index contributed by atoms with van der Waals surface area (Å²) in [6, 6.07) is 5.32. The van der Waals surface area contributed by atoms with E-state index in [0.717, 1.165) is 25.3 Å². The number of aliphatic hydroxyl groups excluding tert-OH is 1. The van der Waals surface area contributed by atoms with Gasteiger partial charge in [0.15, 0.2) is 5.69 Å². The number of carbonyl (C=O) groups excluding carboxylic acids is 1. The number of rotatable bonds is 7. The van der Waals surface area contributed by atoms with Crippen LogP contribution in [0.3, 0.4) is 0 Å². The molecule has 1 aromatic carbocycles. The molecule has 3 rings (SSSR count). The first-order chi connectivity index (χ1) is 14.7. The summed E-state index contributed by atoms with van der Waals surface area (Å²) in [6.07, 6.45) is -1.67. The lowest BCUT2D eigenvalue weighted by molar-refractivity contribution is -0.141. The van der Waals surface area contributed by atoms with Crippen molar-refractivity contribution >= 4 is 5.91 Å². The fourth-order valence-electron chi connectivity index (χ4n) is 3.62. The molecule has 2 aromatic rings. The summed E-state index contributed by atoms with van der Waals surface area (Å²) in [5.74, 6) is -1.65. The van der Waals surface area contributed by atoms with Gasteiger partial charge >= 0.3 is 6.18 Å². The third-order valence-corrected chi connectivity index (χ3v) is 5.45. The standard InChI is InChI=1S/C21H26F4N4O2/c1-14(16-6-5-15(7-10-30)18(22)11-16)20(31)26-13-17-12-19(21(23,24)25)27-29(17)28-8-3-2-4-9-28/h5-6,11-12,14,30H,2-4,7-10,13H2,1H3,(H,26,31). The fourth-order valence-corrected chi connectivity index (χ4v) is 3.62. The summed E-state index contributed by atoms with van der Waals surface area (Å²) in [5, 5.41) is 17.1. The molecule has 31 heavy (non-hydrogen) atoms. The third kappa shape index (κ3) is 5.55. The van der Waals surface area contributed by atoms with Crippen molar-refractivity contribution in [1.82, 2.24) is 15.2 Å². The van der Waals surface area contributed by atoms with E-state index in [0.29, 0.717) is 24.2 Å². The molecule has 1 unspecified atom stereocenters. The van der Waals surface area contributed by atoms with Gasteiger partial charge in [0.2, 0.25) is 5.91 Å². The van der Waals surface area contributed by atoms with Gasteiger partial charge in [-0.3, -0.25) is 9.80 Å². The van der Waals surface area contributed by atoms with Crippen LogP contribution in [0.15, 0.2) is 24.3 Å². The number of nitrogens with zero attached hydrogens (tertiary/aromatic N) is 3. The highest BCUT2D eigenvalue weighted by molar-refractivity contribution is 5.83. The lowest BCUT2D eigenvalue weighted by Crippen LogP contribution is -2.42. The van der Waals surface area contributed by atoms with Crippen LogP contribution in [-0.2, 0) is 23.9 Å². The number of aliphatic hydroxyl groups is 1. The Kier molecular flexibility index (Phi) is 7.19. The third-order valence-electron chi connectivity index (χ3n) is 5.45. The van der Waals surface area contributed by atoms with Gasteiger partial charge < -0.3 is 10.4 Å². The second-order valence-electron chi connectivity index (χ2n) is 7.69. The summed E-state index contributed by atoms with van der Waals surface area (Å²) in [5.41, 5.74) is 0.0253. The van der Waals surface area contributed by atoms with Crippen LogP contribution in [0.1, 0.15) is 54.6 Å². The monoisotopic (exact) mass is 442 g/mol. The summed E-state index contributed by atoms with van der Waals surface area (Å²) in [7, 11) is 0. The number of halogens is 4. The zero-order valence-corrected chi connectivity index (χ0v) is 17.3. The number of nitrogens with one attached hydrogen (secondary N) is 1. The maximum absolute atomic E-state index is 14.1. The summed E-state index contributed by atoms with van der Waals surface area (Å²) >= 11 is 0. The van der Waals surface area contributed by atoms with Crippen molar-refractivity contribution in [3.8, 4) is 0 Å². The molecule has 0 spiro atoms.